The van der Waals surface area contributed by atoms with Crippen molar-refractivity contribution >= 4 is 11.9 Å². The molecule has 16 heavy (non-hydrogen) atoms. The van der Waals surface area contributed by atoms with Crippen LogP contribution in [0.2, 0.25) is 0 Å². The summed E-state index contributed by atoms with van der Waals surface area (Å²) in [5.74, 6) is 0. The standard InChI is InChI=1S/C14H22N2/c1-5-7-8-14(16-6-2)13(4)10-9-12(3)11-15/h7-11,15H,5-6H2,1-4H3/b8-7-,12-9-,13-10+,15-11?,16-14?. The first-order valence-electron chi connectivity index (χ1n) is 5.72. The van der Waals surface area contributed by atoms with E-state index < -0.39 is 0 Å². The van der Waals surface area contributed by atoms with E-state index in [1.54, 1.807) is 0 Å². The van der Waals surface area contributed by atoms with E-state index in [1.165, 1.54) is 6.21 Å². The number of aliphatic imine (C=N–C) groups is 1. The highest BCUT2D eigenvalue weighted by molar-refractivity contribution is 6.08. The molecule has 88 valence electrons. The van der Waals surface area contributed by atoms with Crippen LogP contribution in [-0.4, -0.2) is 18.5 Å². The Kier molecular flexibility index (Phi) is 8.04. The molecule has 0 amide bonds. The quantitative estimate of drug-likeness (QED) is 0.517. The van der Waals surface area contributed by atoms with E-state index >= 15 is 0 Å². The zero-order valence-corrected chi connectivity index (χ0v) is 10.7. The van der Waals surface area contributed by atoms with E-state index in [9.17, 15) is 0 Å². The number of hydrogen-bond acceptors (Lipinski definition) is 2. The molecule has 0 aliphatic rings. The molecule has 0 aromatic heterocycles. The minimum atomic E-state index is 0.793. The third-order valence-corrected chi connectivity index (χ3v) is 2.07. The van der Waals surface area contributed by atoms with Crippen molar-refractivity contribution in [1.82, 2.24) is 0 Å². The van der Waals surface area contributed by atoms with Crippen LogP contribution in [0, 0.1) is 5.41 Å². The summed E-state index contributed by atoms with van der Waals surface area (Å²) in [6, 6.07) is 0. The van der Waals surface area contributed by atoms with Crippen LogP contribution in [0.4, 0.5) is 0 Å². The van der Waals surface area contributed by atoms with Crippen molar-refractivity contribution in [3.63, 3.8) is 0 Å². The van der Waals surface area contributed by atoms with Gasteiger partial charge in [-0.1, -0.05) is 25.2 Å². The SMILES string of the molecule is CC/C=C\C(=NCC)/C(C)=C/C=C(/C)C=N. The molecule has 0 saturated carbocycles. The molecule has 0 rings (SSSR count). The highest BCUT2D eigenvalue weighted by Crippen LogP contribution is 2.02. The van der Waals surface area contributed by atoms with Crippen molar-refractivity contribution in [2.45, 2.75) is 34.1 Å². The second-order valence-electron chi connectivity index (χ2n) is 3.57. The van der Waals surface area contributed by atoms with E-state index in [-0.39, 0.29) is 0 Å². The number of nitrogens with one attached hydrogen (secondary N) is 1. The topological polar surface area (TPSA) is 36.2 Å². The van der Waals surface area contributed by atoms with Crippen LogP contribution < -0.4 is 0 Å². The summed E-state index contributed by atoms with van der Waals surface area (Å²) in [6.07, 6.45) is 10.5. The average Bonchev–Trinajstić information content (AvgIpc) is 2.30. The maximum atomic E-state index is 7.09. The maximum absolute atomic E-state index is 7.09. The van der Waals surface area contributed by atoms with E-state index in [0.717, 1.165) is 29.8 Å². The fraction of sp³-hybridized carbons (Fsp3) is 0.429. The molecule has 0 heterocycles. The second kappa shape index (κ2) is 8.84. The summed E-state index contributed by atoms with van der Waals surface area (Å²) in [4.78, 5) is 4.44. The summed E-state index contributed by atoms with van der Waals surface area (Å²) >= 11 is 0. The molecule has 2 heteroatoms. The summed E-state index contributed by atoms with van der Waals surface area (Å²) in [6.45, 7) is 8.89. The number of allylic oxidation sites excluding steroid dienone is 6. The van der Waals surface area contributed by atoms with E-state index in [4.69, 9.17) is 5.41 Å². The molecule has 0 aromatic carbocycles. The van der Waals surface area contributed by atoms with E-state index in [0.29, 0.717) is 0 Å². The summed E-state index contributed by atoms with van der Waals surface area (Å²) in [5, 5.41) is 7.09. The molecule has 0 radical (unpaired) electrons. The Morgan fingerprint density at radius 2 is 1.88 bits per heavy atom. The molecule has 0 aliphatic carbocycles. The van der Waals surface area contributed by atoms with Gasteiger partial charge in [0.25, 0.3) is 0 Å². The van der Waals surface area contributed by atoms with E-state index in [2.05, 4.69) is 24.1 Å². The van der Waals surface area contributed by atoms with Crippen molar-refractivity contribution < 1.29 is 0 Å². The van der Waals surface area contributed by atoms with Crippen molar-refractivity contribution in [2.75, 3.05) is 6.54 Å². The Bertz CT molecular complexity index is 331. The van der Waals surface area contributed by atoms with Gasteiger partial charge in [0.15, 0.2) is 0 Å². The highest BCUT2D eigenvalue weighted by Gasteiger charge is 1.95. The van der Waals surface area contributed by atoms with Crippen LogP contribution in [0.25, 0.3) is 0 Å². The lowest BCUT2D eigenvalue weighted by molar-refractivity contribution is 1.13. The molecule has 0 fully saturated rings. The van der Waals surface area contributed by atoms with Gasteiger partial charge in [-0.15, -0.1) is 0 Å². The third kappa shape index (κ3) is 6.12. The second-order valence-corrected chi connectivity index (χ2v) is 3.57. The summed E-state index contributed by atoms with van der Waals surface area (Å²) in [5.41, 5.74) is 3.10. The third-order valence-electron chi connectivity index (χ3n) is 2.07. The normalized spacial score (nSPS) is 14.6. The van der Waals surface area contributed by atoms with Gasteiger partial charge in [-0.25, -0.2) is 0 Å². The molecule has 1 N–H and O–H groups in total. The highest BCUT2D eigenvalue weighted by atomic mass is 14.7. The smallest absolute Gasteiger partial charge is 0.0600 e. The molecule has 0 spiro atoms. The molecule has 0 unspecified atom stereocenters. The van der Waals surface area contributed by atoms with Gasteiger partial charge >= 0.3 is 0 Å². The first-order valence-corrected chi connectivity index (χ1v) is 5.72. The van der Waals surface area contributed by atoms with Crippen LogP contribution >= 0.6 is 0 Å². The van der Waals surface area contributed by atoms with Gasteiger partial charge in [-0.3, -0.25) is 4.99 Å². The van der Waals surface area contributed by atoms with Gasteiger partial charge in [-0.2, -0.15) is 0 Å². The fourth-order valence-electron chi connectivity index (χ4n) is 1.10. The van der Waals surface area contributed by atoms with Crippen LogP contribution in [0.15, 0.2) is 40.4 Å². The van der Waals surface area contributed by atoms with Gasteiger partial charge in [0.05, 0.1) is 5.71 Å². The van der Waals surface area contributed by atoms with Crippen molar-refractivity contribution in [1.29, 1.82) is 5.41 Å². The molecular weight excluding hydrogens is 196 g/mol. The first-order chi connectivity index (χ1) is 7.65. The predicted octanol–water partition coefficient (Wildman–Crippen LogP) is 3.96. The Balaban J connectivity index is 4.87. The van der Waals surface area contributed by atoms with Gasteiger partial charge in [0.2, 0.25) is 0 Å². The minimum absolute atomic E-state index is 0.793. The molecule has 0 aliphatic heterocycles. The molecule has 0 atom stereocenters. The lowest BCUT2D eigenvalue weighted by Gasteiger charge is -2.00. The van der Waals surface area contributed by atoms with Crippen LogP contribution in [-0.2, 0) is 0 Å². The van der Waals surface area contributed by atoms with Crippen LogP contribution in [0.1, 0.15) is 34.1 Å². The van der Waals surface area contributed by atoms with Gasteiger partial charge in [0.1, 0.15) is 0 Å². The Morgan fingerprint density at radius 3 is 2.38 bits per heavy atom. The average molecular weight is 218 g/mol. The molecule has 0 bridgehead atoms. The van der Waals surface area contributed by atoms with Crippen molar-refractivity contribution in [2.24, 2.45) is 4.99 Å². The van der Waals surface area contributed by atoms with Gasteiger partial charge in [0, 0.05) is 12.8 Å². The molecule has 0 saturated heterocycles. The van der Waals surface area contributed by atoms with Crippen molar-refractivity contribution in [3.8, 4) is 0 Å². The molecule has 0 aromatic rings. The summed E-state index contributed by atoms with van der Waals surface area (Å²) in [7, 11) is 0. The van der Waals surface area contributed by atoms with Gasteiger partial charge in [-0.05, 0) is 44.4 Å². The number of rotatable bonds is 6. The molecular formula is C14H22N2. The lowest BCUT2D eigenvalue weighted by atomic mass is 10.1. The number of nitrogens with zero attached hydrogens (tertiary/aromatic N) is 1. The Morgan fingerprint density at radius 1 is 1.19 bits per heavy atom. The molecule has 2 nitrogen and oxygen atoms in total. The summed E-state index contributed by atoms with van der Waals surface area (Å²) < 4.78 is 0. The van der Waals surface area contributed by atoms with Crippen LogP contribution in [0.3, 0.4) is 0 Å². The minimum Gasteiger partial charge on any atom is -0.308 e. The van der Waals surface area contributed by atoms with Crippen LogP contribution in [0.5, 0.6) is 0 Å². The lowest BCUT2D eigenvalue weighted by Crippen LogP contribution is -1.96. The number of hydrogen-bond donors (Lipinski definition) is 1. The zero-order valence-electron chi connectivity index (χ0n) is 10.7. The largest absolute Gasteiger partial charge is 0.308 e. The Hall–Kier alpha value is -1.44. The zero-order chi connectivity index (χ0) is 12.4. The first kappa shape index (κ1) is 14.6. The fourth-order valence-corrected chi connectivity index (χ4v) is 1.10. The van der Waals surface area contributed by atoms with E-state index in [1.807, 2.05) is 32.9 Å². The maximum Gasteiger partial charge on any atom is 0.0600 e. The monoisotopic (exact) mass is 218 g/mol. The van der Waals surface area contributed by atoms with Gasteiger partial charge < -0.3 is 5.41 Å². The van der Waals surface area contributed by atoms with Crippen molar-refractivity contribution in [3.05, 3.63) is 35.5 Å². The predicted molar refractivity (Wildman–Crippen MR) is 73.7 cm³/mol. The Labute approximate surface area is 99.0 Å².